The molecule has 11 heteroatoms. The molecule has 10 nitrogen and oxygen atoms in total. The third-order valence-electron chi connectivity index (χ3n) is 9.00. The molecule has 0 saturated heterocycles. The Morgan fingerprint density at radius 2 is 1.40 bits per heavy atom. The minimum Gasteiger partial charge on any atom is -0.341 e. The first kappa shape index (κ1) is 36.4. The van der Waals surface area contributed by atoms with Crippen LogP contribution in [0.5, 0.6) is 0 Å². The zero-order valence-corrected chi connectivity index (χ0v) is 30.5. The second kappa shape index (κ2) is 16.4. The number of para-hydroxylation sites is 2. The van der Waals surface area contributed by atoms with Crippen molar-refractivity contribution in [1.82, 2.24) is 9.88 Å². The molecule has 0 radical (unpaired) electrons. The second-order valence-corrected chi connectivity index (χ2v) is 13.7. The highest BCUT2D eigenvalue weighted by Gasteiger charge is 2.24. The van der Waals surface area contributed by atoms with Crippen molar-refractivity contribution in [3.8, 4) is 0 Å². The van der Waals surface area contributed by atoms with Gasteiger partial charge in [0.15, 0.2) is 0 Å². The number of anilines is 2. The largest absolute Gasteiger partial charge is 0.341 e. The lowest BCUT2D eigenvalue weighted by molar-refractivity contribution is -0.385. The molecule has 3 N–H and O–H groups in total. The van der Waals surface area contributed by atoms with Gasteiger partial charge in [-0.3, -0.25) is 24.5 Å². The molecule has 1 unspecified atom stereocenters. The van der Waals surface area contributed by atoms with Crippen molar-refractivity contribution in [2.45, 2.75) is 23.6 Å². The van der Waals surface area contributed by atoms with Crippen LogP contribution in [0.4, 0.5) is 17.1 Å². The summed E-state index contributed by atoms with van der Waals surface area (Å²) in [5.74, 6) is -1.47. The monoisotopic (exact) mass is 745 g/mol. The summed E-state index contributed by atoms with van der Waals surface area (Å²) in [6.45, 7) is 2.93. The van der Waals surface area contributed by atoms with Gasteiger partial charge in [0.2, 0.25) is 5.91 Å². The zero-order valence-electron chi connectivity index (χ0n) is 29.6. The van der Waals surface area contributed by atoms with E-state index in [1.165, 1.54) is 36.0 Å². The van der Waals surface area contributed by atoms with Gasteiger partial charge >= 0.3 is 0 Å². The molecule has 0 fully saturated rings. The quantitative estimate of drug-likeness (QED) is 0.0494. The Bertz CT molecular complexity index is 2590. The van der Waals surface area contributed by atoms with E-state index in [4.69, 9.17) is 0 Å². The van der Waals surface area contributed by atoms with Crippen LogP contribution in [0.25, 0.3) is 27.9 Å². The van der Waals surface area contributed by atoms with Crippen molar-refractivity contribution in [1.29, 1.82) is 0 Å². The van der Waals surface area contributed by atoms with Crippen LogP contribution in [0.3, 0.4) is 0 Å². The van der Waals surface area contributed by atoms with Gasteiger partial charge in [0, 0.05) is 56.3 Å². The number of nitro benzene ring substituents is 1. The van der Waals surface area contributed by atoms with Gasteiger partial charge in [0.05, 0.1) is 10.5 Å². The third-order valence-corrected chi connectivity index (χ3v) is 10.3. The van der Waals surface area contributed by atoms with Gasteiger partial charge in [0.25, 0.3) is 17.5 Å². The number of nitrogens with one attached hydrogen (secondary N) is 3. The van der Waals surface area contributed by atoms with Crippen LogP contribution in [0, 0.1) is 10.1 Å². The molecule has 0 aliphatic heterocycles. The Hall–Kier alpha value is -6.98. The fourth-order valence-electron chi connectivity index (χ4n) is 6.44. The number of fused-ring (bicyclic) bond motifs is 3. The number of nitro groups is 1. The number of benzene rings is 6. The predicted octanol–water partition coefficient (Wildman–Crippen LogP) is 9.60. The van der Waals surface area contributed by atoms with Gasteiger partial charge in [0.1, 0.15) is 10.9 Å². The maximum absolute atomic E-state index is 14.1. The van der Waals surface area contributed by atoms with Crippen molar-refractivity contribution in [2.75, 3.05) is 10.6 Å². The molecule has 1 aromatic heterocycles. The number of thioether (sulfide) groups is 1. The SMILES string of the molecule is CCn1c2ccccc2c2cc(NC(=O)C(Sc3cccc(NC(=O)/C(=C\c4ccccc4[N+](=O)[O-])NC(=O)c4ccccc4)c3)c3ccccc3)ccc21. The van der Waals surface area contributed by atoms with Gasteiger partial charge in [-0.2, -0.15) is 0 Å². The molecule has 0 aliphatic rings. The summed E-state index contributed by atoms with van der Waals surface area (Å²) in [6, 6.07) is 44.9. The smallest absolute Gasteiger partial charge is 0.276 e. The van der Waals surface area contributed by atoms with Crippen LogP contribution >= 0.6 is 11.8 Å². The average Bonchev–Trinajstić information content (AvgIpc) is 3.53. The van der Waals surface area contributed by atoms with Crippen LogP contribution in [-0.4, -0.2) is 27.2 Å². The van der Waals surface area contributed by atoms with E-state index in [1.54, 1.807) is 54.6 Å². The van der Waals surface area contributed by atoms with Crippen molar-refractivity contribution < 1.29 is 19.3 Å². The lowest BCUT2D eigenvalue weighted by Gasteiger charge is -2.18. The van der Waals surface area contributed by atoms with E-state index in [-0.39, 0.29) is 22.9 Å². The van der Waals surface area contributed by atoms with Gasteiger partial charge < -0.3 is 20.5 Å². The Kier molecular flexibility index (Phi) is 10.8. The molecule has 1 atom stereocenters. The summed E-state index contributed by atoms with van der Waals surface area (Å²) < 4.78 is 2.26. The van der Waals surface area contributed by atoms with Crippen LogP contribution in [0.2, 0.25) is 0 Å². The Balaban J connectivity index is 1.15. The number of hydrogen-bond acceptors (Lipinski definition) is 6. The van der Waals surface area contributed by atoms with Gasteiger partial charge in [-0.1, -0.05) is 84.9 Å². The summed E-state index contributed by atoms with van der Waals surface area (Å²) in [5, 5.41) is 21.9. The molecular formula is C44H35N5O5S. The van der Waals surface area contributed by atoms with Crippen LogP contribution < -0.4 is 16.0 Å². The summed E-state index contributed by atoms with van der Waals surface area (Å²) in [7, 11) is 0. The van der Waals surface area contributed by atoms with E-state index in [0.717, 1.165) is 33.9 Å². The maximum atomic E-state index is 14.1. The molecule has 0 saturated carbocycles. The van der Waals surface area contributed by atoms with E-state index in [0.29, 0.717) is 21.8 Å². The first-order valence-corrected chi connectivity index (χ1v) is 18.4. The highest BCUT2D eigenvalue weighted by Crippen LogP contribution is 2.38. The zero-order chi connectivity index (χ0) is 38.3. The maximum Gasteiger partial charge on any atom is 0.276 e. The van der Waals surface area contributed by atoms with Gasteiger partial charge in [-0.05, 0) is 79.2 Å². The number of hydrogen-bond donors (Lipinski definition) is 3. The molecule has 1 heterocycles. The lowest BCUT2D eigenvalue weighted by Crippen LogP contribution is -2.30. The molecule has 7 aromatic rings. The number of rotatable bonds is 12. The second-order valence-electron chi connectivity index (χ2n) is 12.6. The average molecular weight is 746 g/mol. The summed E-state index contributed by atoms with van der Waals surface area (Å²) in [4.78, 5) is 52.9. The lowest BCUT2D eigenvalue weighted by atomic mass is 10.1. The number of nitrogens with zero attached hydrogens (tertiary/aromatic N) is 2. The molecule has 272 valence electrons. The van der Waals surface area contributed by atoms with Gasteiger partial charge in [-0.25, -0.2) is 0 Å². The normalized spacial score (nSPS) is 11.9. The molecule has 7 rings (SSSR count). The summed E-state index contributed by atoms with van der Waals surface area (Å²) >= 11 is 1.32. The van der Waals surface area contributed by atoms with E-state index in [2.05, 4.69) is 39.6 Å². The molecule has 3 amide bonds. The topological polar surface area (TPSA) is 135 Å². The number of aryl methyl sites for hydroxylation is 1. The third kappa shape index (κ3) is 8.17. The molecule has 0 bridgehead atoms. The number of amides is 3. The van der Waals surface area contributed by atoms with Crippen molar-refractivity contribution in [3.63, 3.8) is 0 Å². The van der Waals surface area contributed by atoms with E-state index in [9.17, 15) is 24.5 Å². The highest BCUT2D eigenvalue weighted by molar-refractivity contribution is 8.00. The Morgan fingerprint density at radius 3 is 2.16 bits per heavy atom. The summed E-state index contributed by atoms with van der Waals surface area (Å²) in [5.41, 5.74) is 4.12. The molecular weight excluding hydrogens is 711 g/mol. The predicted molar refractivity (Wildman–Crippen MR) is 219 cm³/mol. The van der Waals surface area contributed by atoms with Crippen molar-refractivity contribution in [2.24, 2.45) is 0 Å². The van der Waals surface area contributed by atoms with Crippen LogP contribution in [0.1, 0.15) is 33.7 Å². The molecule has 6 aromatic carbocycles. The van der Waals surface area contributed by atoms with Crippen LogP contribution in [0.15, 0.2) is 162 Å². The van der Waals surface area contributed by atoms with Crippen LogP contribution in [-0.2, 0) is 16.1 Å². The molecule has 0 spiro atoms. The van der Waals surface area contributed by atoms with E-state index in [1.807, 2.05) is 66.7 Å². The van der Waals surface area contributed by atoms with Gasteiger partial charge in [-0.15, -0.1) is 11.8 Å². The minimum atomic E-state index is -0.693. The van der Waals surface area contributed by atoms with E-state index >= 15 is 0 Å². The first-order chi connectivity index (χ1) is 26.8. The summed E-state index contributed by atoms with van der Waals surface area (Å²) in [6.07, 6.45) is 1.28. The fraction of sp³-hybridized carbons (Fsp3) is 0.0682. The minimum absolute atomic E-state index is 0.141. The molecule has 0 aliphatic carbocycles. The standard InChI is InChI=1S/C44H35N5O5S/c1-2-48-39-23-12-10-21-35(39)36-28-33(24-25-40(36)48)46-44(52)41(29-14-5-3-6-15-29)55-34-20-13-19-32(27-34)45-43(51)37(47-42(50)30-16-7-4-8-17-30)26-31-18-9-11-22-38(31)49(53)54/h3-28,41H,2H2,1H3,(H,45,51)(H,46,52)(H,47,50)/b37-26+. The van der Waals surface area contributed by atoms with Crippen molar-refractivity contribution in [3.05, 3.63) is 184 Å². The highest BCUT2D eigenvalue weighted by atomic mass is 32.2. The number of carbonyl (C=O) groups excluding carboxylic acids is 3. The van der Waals surface area contributed by atoms with E-state index < -0.39 is 22.0 Å². The number of carbonyl (C=O) groups is 3. The first-order valence-electron chi connectivity index (χ1n) is 17.6. The van der Waals surface area contributed by atoms with Crippen molar-refractivity contribution >= 4 is 74.4 Å². The Morgan fingerprint density at radius 1 is 0.727 bits per heavy atom. The Labute approximate surface area is 321 Å². The number of aromatic nitrogens is 1. The molecule has 55 heavy (non-hydrogen) atoms. The fourth-order valence-corrected chi connectivity index (χ4v) is 7.52.